The van der Waals surface area contributed by atoms with E-state index in [1.54, 1.807) is 40.8 Å². The maximum atomic E-state index is 13.5. The zero-order valence-electron chi connectivity index (χ0n) is 25.7. The van der Waals surface area contributed by atoms with Crippen LogP contribution in [0.1, 0.15) is 42.8 Å². The van der Waals surface area contributed by atoms with Gasteiger partial charge in [-0.15, -0.1) is 0 Å². The number of aryl methyl sites for hydroxylation is 3. The first-order chi connectivity index (χ1) is 21.0. The number of fused-ring (bicyclic) bond motifs is 1. The molecular formula is C30H38N6O7S. The van der Waals surface area contributed by atoms with Gasteiger partial charge in [0.15, 0.2) is 17.7 Å². The number of hydrogen-bond acceptors (Lipinski definition) is 10. The van der Waals surface area contributed by atoms with Crippen molar-refractivity contribution >= 4 is 33.4 Å². The zero-order chi connectivity index (χ0) is 32.0. The highest BCUT2D eigenvalue weighted by molar-refractivity contribution is 7.89. The third kappa shape index (κ3) is 7.19. The number of rotatable bonds is 13. The molecule has 0 bridgehead atoms. The van der Waals surface area contributed by atoms with Gasteiger partial charge >= 0.3 is 5.97 Å². The Morgan fingerprint density at radius 2 is 1.75 bits per heavy atom. The lowest BCUT2D eigenvalue weighted by atomic mass is 10.1. The van der Waals surface area contributed by atoms with Crippen LogP contribution in [0.2, 0.25) is 0 Å². The lowest BCUT2D eigenvalue weighted by Crippen LogP contribution is -2.55. The normalized spacial score (nSPS) is 13.5. The number of nitrogens with one attached hydrogen (secondary N) is 2. The van der Waals surface area contributed by atoms with Crippen molar-refractivity contribution in [3.63, 3.8) is 0 Å². The highest BCUT2D eigenvalue weighted by Gasteiger charge is 2.32. The molecule has 2 heterocycles. The number of carbonyl (C=O) groups is 2. The number of carbonyl (C=O) groups excluding carboxylic acids is 2. The van der Waals surface area contributed by atoms with E-state index in [2.05, 4.69) is 22.1 Å². The summed E-state index contributed by atoms with van der Waals surface area (Å²) >= 11 is 0. The summed E-state index contributed by atoms with van der Waals surface area (Å²) in [4.78, 5) is 32.9. The van der Waals surface area contributed by atoms with Gasteiger partial charge in [-0.2, -0.15) is 9.82 Å². The van der Waals surface area contributed by atoms with E-state index in [0.717, 1.165) is 35.5 Å². The fraction of sp³-hybridized carbons (Fsp3) is 0.400. The molecule has 236 valence electrons. The predicted molar refractivity (Wildman–Crippen MR) is 163 cm³/mol. The average Bonchev–Trinajstić information content (AvgIpc) is 3.30. The lowest BCUT2D eigenvalue weighted by molar-refractivity contribution is -0.147. The molecule has 1 amide bonds. The molecule has 0 saturated carbocycles. The smallest absolute Gasteiger partial charge is 0.344 e. The van der Waals surface area contributed by atoms with E-state index < -0.39 is 28.1 Å². The summed E-state index contributed by atoms with van der Waals surface area (Å²) in [5.74, 6) is -0.0872. The molecule has 0 fully saturated rings. The number of sulfonamides is 1. The van der Waals surface area contributed by atoms with Crippen LogP contribution in [-0.2, 0) is 44.4 Å². The van der Waals surface area contributed by atoms with Crippen molar-refractivity contribution in [3.05, 3.63) is 65.0 Å². The second-order valence-electron chi connectivity index (χ2n) is 10.2. The van der Waals surface area contributed by atoms with Crippen LogP contribution in [0, 0.1) is 6.92 Å². The Balaban J connectivity index is 1.65. The van der Waals surface area contributed by atoms with Gasteiger partial charge in [0.2, 0.25) is 15.9 Å². The topological polar surface area (TPSA) is 153 Å². The Hall–Kier alpha value is -4.43. The number of amides is 1. The van der Waals surface area contributed by atoms with Crippen molar-refractivity contribution in [2.75, 3.05) is 27.4 Å². The molecule has 0 spiro atoms. The van der Waals surface area contributed by atoms with Crippen LogP contribution >= 0.6 is 0 Å². The number of ether oxygens (including phenoxy) is 3. The molecule has 1 atom stereocenters. The van der Waals surface area contributed by atoms with Crippen LogP contribution in [-0.4, -0.2) is 74.3 Å². The number of aromatic nitrogens is 2. The summed E-state index contributed by atoms with van der Waals surface area (Å²) in [7, 11) is 0.717. The summed E-state index contributed by atoms with van der Waals surface area (Å²) < 4.78 is 46.1. The van der Waals surface area contributed by atoms with E-state index in [-0.39, 0.29) is 24.6 Å². The average molecular weight is 627 g/mol. The van der Waals surface area contributed by atoms with Crippen LogP contribution in [0.3, 0.4) is 0 Å². The summed E-state index contributed by atoms with van der Waals surface area (Å²) in [6, 6.07) is 11.4. The van der Waals surface area contributed by atoms with Crippen LogP contribution in [0.25, 0.3) is 0 Å². The fourth-order valence-electron chi connectivity index (χ4n) is 4.79. The second-order valence-corrected chi connectivity index (χ2v) is 11.9. The summed E-state index contributed by atoms with van der Waals surface area (Å²) in [5, 5.41) is 7.15. The molecule has 4 rings (SSSR count). The van der Waals surface area contributed by atoms with Crippen molar-refractivity contribution < 1.29 is 32.2 Å². The number of methoxy groups -OCH3 is 2. The van der Waals surface area contributed by atoms with Gasteiger partial charge in [0.1, 0.15) is 11.5 Å². The lowest BCUT2D eigenvalue weighted by Gasteiger charge is -2.30. The highest BCUT2D eigenvalue weighted by Crippen LogP contribution is 2.34. The molecule has 1 aliphatic heterocycles. The third-order valence-corrected chi connectivity index (χ3v) is 8.40. The van der Waals surface area contributed by atoms with Crippen molar-refractivity contribution in [1.82, 2.24) is 24.7 Å². The first-order valence-corrected chi connectivity index (χ1v) is 15.6. The van der Waals surface area contributed by atoms with Gasteiger partial charge in [-0.25, -0.2) is 18.2 Å². The molecule has 2 aromatic carbocycles. The Morgan fingerprint density at radius 1 is 1.05 bits per heavy atom. The maximum Gasteiger partial charge on any atom is 0.344 e. The standard InChI is InChI=1S/C30H38N6O7S/c1-7-9-22-27-23(35(4)33-22)17-36(29(32-27)20-12-15-24(41-5)25(16-20)42-6)18-26(37)31-28(30(38)43-8-2)34-44(39,40)21-13-10-19(3)11-14-21/h10-16,28,34H,7-9,17-18H2,1-6H3,(H,31,37)/t28-/m1/s1. The van der Waals surface area contributed by atoms with Gasteiger partial charge in [-0.3, -0.25) is 9.48 Å². The summed E-state index contributed by atoms with van der Waals surface area (Å²) in [5.41, 5.74) is 3.93. The van der Waals surface area contributed by atoms with E-state index in [0.29, 0.717) is 22.9 Å². The van der Waals surface area contributed by atoms with Gasteiger partial charge in [-0.1, -0.05) is 31.0 Å². The quantitative estimate of drug-likeness (QED) is 0.215. The number of benzene rings is 2. The highest BCUT2D eigenvalue weighted by atomic mass is 32.2. The molecule has 14 heteroatoms. The fourth-order valence-corrected chi connectivity index (χ4v) is 5.88. The SMILES string of the molecule is CCCc1nn(C)c2c1N=C(c1ccc(OC)c(OC)c1)N(CC(=O)N[C@H](NS(=O)(=O)c1ccc(C)cc1)C(=O)OCC)C2. The number of nitrogens with zero attached hydrogens (tertiary/aromatic N) is 4. The molecule has 1 aromatic heterocycles. The number of aliphatic imine (C=N–C) groups is 1. The third-order valence-electron chi connectivity index (χ3n) is 6.96. The molecule has 0 unspecified atom stereocenters. The molecular weight excluding hydrogens is 588 g/mol. The van der Waals surface area contributed by atoms with E-state index in [1.165, 1.54) is 26.4 Å². The maximum absolute atomic E-state index is 13.5. The Labute approximate surface area is 257 Å². The van der Waals surface area contributed by atoms with Crippen LogP contribution < -0.4 is 19.5 Å². The van der Waals surface area contributed by atoms with E-state index >= 15 is 0 Å². The predicted octanol–water partition coefficient (Wildman–Crippen LogP) is 2.58. The van der Waals surface area contributed by atoms with Gasteiger partial charge in [-0.05, 0) is 50.6 Å². The van der Waals surface area contributed by atoms with Gasteiger partial charge in [0.25, 0.3) is 0 Å². The minimum Gasteiger partial charge on any atom is -0.493 e. The molecule has 0 radical (unpaired) electrons. The zero-order valence-corrected chi connectivity index (χ0v) is 26.5. The molecule has 0 saturated heterocycles. The van der Waals surface area contributed by atoms with Crippen molar-refractivity contribution in [1.29, 1.82) is 0 Å². The first kappa shape index (κ1) is 32.5. The second kappa shape index (κ2) is 13.9. The summed E-state index contributed by atoms with van der Waals surface area (Å²) in [6.07, 6.45) is -0.0531. The van der Waals surface area contributed by atoms with Gasteiger partial charge in [0, 0.05) is 12.6 Å². The van der Waals surface area contributed by atoms with E-state index in [4.69, 9.17) is 19.2 Å². The Kier molecular flexibility index (Phi) is 10.3. The molecule has 44 heavy (non-hydrogen) atoms. The minimum absolute atomic E-state index is 0.0109. The molecule has 0 aliphatic carbocycles. The van der Waals surface area contributed by atoms with Crippen LogP contribution in [0.5, 0.6) is 11.5 Å². The van der Waals surface area contributed by atoms with E-state index in [9.17, 15) is 18.0 Å². The van der Waals surface area contributed by atoms with Gasteiger partial charge in [0.05, 0.1) is 50.2 Å². The van der Waals surface area contributed by atoms with Crippen molar-refractivity contribution in [3.8, 4) is 11.5 Å². The monoisotopic (exact) mass is 626 g/mol. The minimum atomic E-state index is -4.17. The molecule has 1 aliphatic rings. The number of hydrogen-bond donors (Lipinski definition) is 2. The van der Waals surface area contributed by atoms with Crippen molar-refractivity contribution in [2.24, 2.45) is 12.0 Å². The molecule has 3 aromatic rings. The van der Waals surface area contributed by atoms with Crippen LogP contribution in [0.4, 0.5) is 5.69 Å². The number of amidine groups is 1. The number of esters is 1. The van der Waals surface area contributed by atoms with Crippen molar-refractivity contribution in [2.45, 2.75) is 51.2 Å². The van der Waals surface area contributed by atoms with Crippen LogP contribution in [0.15, 0.2) is 52.4 Å². The Bertz CT molecular complexity index is 1650. The Morgan fingerprint density at radius 3 is 2.39 bits per heavy atom. The van der Waals surface area contributed by atoms with E-state index in [1.807, 2.05) is 20.0 Å². The molecule has 13 nitrogen and oxygen atoms in total. The largest absolute Gasteiger partial charge is 0.493 e. The molecule has 2 N–H and O–H groups in total. The van der Waals surface area contributed by atoms with Gasteiger partial charge < -0.3 is 24.4 Å². The summed E-state index contributed by atoms with van der Waals surface area (Å²) in [6.45, 7) is 5.48. The first-order valence-electron chi connectivity index (χ1n) is 14.2.